The second-order valence-electron chi connectivity index (χ2n) is 7.69. The molecule has 31 heavy (non-hydrogen) atoms. The number of carbonyl (C=O) groups excluding carboxylic acids is 2. The van der Waals surface area contributed by atoms with Crippen molar-refractivity contribution in [1.82, 2.24) is 10.3 Å². The molecule has 1 aliphatic rings. The first kappa shape index (κ1) is 20.6. The van der Waals surface area contributed by atoms with E-state index in [0.717, 1.165) is 16.7 Å². The Hall–Kier alpha value is -3.67. The van der Waals surface area contributed by atoms with Gasteiger partial charge in [-0.3, -0.25) is 9.59 Å². The smallest absolute Gasteiger partial charge is 0.263 e. The maximum atomic E-state index is 13.2. The van der Waals surface area contributed by atoms with Gasteiger partial charge in [0.25, 0.3) is 5.91 Å². The van der Waals surface area contributed by atoms with Crippen molar-refractivity contribution in [2.45, 2.75) is 33.2 Å². The highest BCUT2D eigenvalue weighted by Gasteiger charge is 2.28. The predicted molar refractivity (Wildman–Crippen MR) is 119 cm³/mol. The molecule has 0 spiro atoms. The summed E-state index contributed by atoms with van der Waals surface area (Å²) in [7, 11) is 0. The number of anilines is 1. The molecule has 2 heterocycles. The summed E-state index contributed by atoms with van der Waals surface area (Å²) >= 11 is 0. The Bertz CT molecular complexity index is 1130. The van der Waals surface area contributed by atoms with Crippen molar-refractivity contribution < 1.29 is 14.3 Å². The second-order valence-corrected chi connectivity index (χ2v) is 7.69. The van der Waals surface area contributed by atoms with E-state index in [1.165, 1.54) is 0 Å². The van der Waals surface area contributed by atoms with Crippen LogP contribution in [0.1, 0.15) is 39.9 Å². The van der Waals surface area contributed by atoms with E-state index in [2.05, 4.69) is 10.3 Å². The Balaban J connectivity index is 1.44. The molecule has 3 aromatic rings. The zero-order chi connectivity index (χ0) is 21.8. The molecule has 6 heteroatoms. The Kier molecular flexibility index (Phi) is 5.98. The highest BCUT2D eigenvalue weighted by molar-refractivity contribution is 6.09. The van der Waals surface area contributed by atoms with Crippen molar-refractivity contribution in [3.05, 3.63) is 83.0 Å². The van der Waals surface area contributed by atoms with Crippen LogP contribution in [0.2, 0.25) is 0 Å². The van der Waals surface area contributed by atoms with Crippen LogP contribution >= 0.6 is 0 Å². The number of aromatic nitrogens is 1. The topological polar surface area (TPSA) is 71.5 Å². The van der Waals surface area contributed by atoms with Gasteiger partial charge in [0.1, 0.15) is 5.56 Å². The Morgan fingerprint density at radius 3 is 2.77 bits per heavy atom. The Morgan fingerprint density at radius 2 is 1.94 bits per heavy atom. The van der Waals surface area contributed by atoms with Crippen LogP contribution in [0.15, 0.2) is 60.8 Å². The van der Waals surface area contributed by atoms with Crippen molar-refractivity contribution >= 4 is 17.5 Å². The van der Waals surface area contributed by atoms with Gasteiger partial charge in [-0.05, 0) is 61.2 Å². The van der Waals surface area contributed by atoms with E-state index in [1.54, 1.807) is 23.2 Å². The number of fused-ring (bicyclic) bond motifs is 2. The maximum Gasteiger partial charge on any atom is 0.263 e. The average molecular weight is 415 g/mol. The molecule has 2 amide bonds. The first-order chi connectivity index (χ1) is 15.0. The average Bonchev–Trinajstić information content (AvgIpc) is 2.88. The fourth-order valence-electron chi connectivity index (χ4n) is 3.63. The summed E-state index contributed by atoms with van der Waals surface area (Å²) in [4.78, 5) is 31.5. The monoisotopic (exact) mass is 415 g/mol. The lowest BCUT2D eigenvalue weighted by Crippen LogP contribution is -2.32. The first-order valence-electron chi connectivity index (χ1n) is 10.4. The van der Waals surface area contributed by atoms with Gasteiger partial charge in [0.2, 0.25) is 11.8 Å². The number of benzene rings is 2. The minimum Gasteiger partial charge on any atom is -0.436 e. The molecular weight excluding hydrogens is 390 g/mol. The number of amides is 2. The van der Waals surface area contributed by atoms with Crippen LogP contribution in [-0.2, 0) is 11.3 Å². The van der Waals surface area contributed by atoms with E-state index in [0.29, 0.717) is 48.8 Å². The highest BCUT2D eigenvalue weighted by atomic mass is 16.5. The fourth-order valence-corrected chi connectivity index (χ4v) is 3.63. The lowest BCUT2D eigenvalue weighted by Gasteiger charge is -2.22. The minimum absolute atomic E-state index is 0.0340. The second kappa shape index (κ2) is 9.00. The van der Waals surface area contributed by atoms with Crippen LogP contribution in [0.25, 0.3) is 0 Å². The molecule has 0 aliphatic carbocycles. The minimum atomic E-state index is -0.173. The molecule has 0 radical (unpaired) electrons. The normalized spacial score (nSPS) is 12.5. The number of nitrogens with one attached hydrogen (secondary N) is 1. The molecular formula is C25H25N3O3. The summed E-state index contributed by atoms with van der Waals surface area (Å²) in [6.45, 7) is 4.91. The number of pyridine rings is 1. The molecule has 0 saturated heterocycles. The number of hydrogen-bond donors (Lipinski definition) is 1. The van der Waals surface area contributed by atoms with E-state index >= 15 is 0 Å². The van der Waals surface area contributed by atoms with Crippen LogP contribution in [0.3, 0.4) is 0 Å². The summed E-state index contributed by atoms with van der Waals surface area (Å²) in [5, 5.41) is 2.97. The molecule has 0 saturated carbocycles. The summed E-state index contributed by atoms with van der Waals surface area (Å²) in [5.74, 6) is 0.678. The van der Waals surface area contributed by atoms with Gasteiger partial charge in [-0.2, -0.15) is 0 Å². The number of rotatable bonds is 6. The highest BCUT2D eigenvalue weighted by Crippen LogP contribution is 2.38. The van der Waals surface area contributed by atoms with Gasteiger partial charge < -0.3 is 15.0 Å². The third-order valence-electron chi connectivity index (χ3n) is 5.38. The van der Waals surface area contributed by atoms with Crippen LogP contribution in [-0.4, -0.2) is 23.3 Å². The first-order valence-corrected chi connectivity index (χ1v) is 10.4. The van der Waals surface area contributed by atoms with Crippen LogP contribution in [0.4, 0.5) is 5.69 Å². The van der Waals surface area contributed by atoms with Gasteiger partial charge in [0, 0.05) is 25.7 Å². The SMILES string of the molecule is Cc1ccc2c(c1)N(CCCC(=O)NCc1ccccc1C)C(=O)c1cccnc1O2. The van der Waals surface area contributed by atoms with Gasteiger partial charge in [-0.25, -0.2) is 4.98 Å². The van der Waals surface area contributed by atoms with Crippen molar-refractivity contribution in [2.75, 3.05) is 11.4 Å². The molecule has 158 valence electrons. The van der Waals surface area contributed by atoms with Crippen LogP contribution < -0.4 is 15.0 Å². The van der Waals surface area contributed by atoms with E-state index in [4.69, 9.17) is 4.74 Å². The molecule has 1 aliphatic heterocycles. The molecule has 0 bridgehead atoms. The molecule has 0 atom stereocenters. The molecule has 1 aromatic heterocycles. The van der Waals surface area contributed by atoms with E-state index in [-0.39, 0.29) is 11.8 Å². The Labute approximate surface area is 181 Å². The molecule has 0 fully saturated rings. The summed E-state index contributed by atoms with van der Waals surface area (Å²) < 4.78 is 5.93. The summed E-state index contributed by atoms with van der Waals surface area (Å²) in [6, 6.07) is 17.1. The molecule has 1 N–H and O–H groups in total. The third kappa shape index (κ3) is 4.58. The number of ether oxygens (including phenoxy) is 1. The zero-order valence-electron chi connectivity index (χ0n) is 17.7. The molecule has 0 unspecified atom stereocenters. The number of carbonyl (C=O) groups is 2. The molecule has 6 nitrogen and oxygen atoms in total. The van der Waals surface area contributed by atoms with Crippen molar-refractivity contribution in [3.8, 4) is 11.6 Å². The van der Waals surface area contributed by atoms with Crippen LogP contribution in [0.5, 0.6) is 11.6 Å². The Morgan fingerprint density at radius 1 is 1.10 bits per heavy atom. The quantitative estimate of drug-likeness (QED) is 0.641. The fraction of sp³-hybridized carbons (Fsp3) is 0.240. The van der Waals surface area contributed by atoms with Gasteiger partial charge in [-0.1, -0.05) is 30.3 Å². The number of aryl methyl sites for hydroxylation is 2. The van der Waals surface area contributed by atoms with Crippen molar-refractivity contribution in [3.63, 3.8) is 0 Å². The third-order valence-corrected chi connectivity index (χ3v) is 5.38. The number of nitrogens with zero attached hydrogens (tertiary/aromatic N) is 2. The lowest BCUT2D eigenvalue weighted by atomic mass is 10.1. The van der Waals surface area contributed by atoms with Crippen molar-refractivity contribution in [2.24, 2.45) is 0 Å². The van der Waals surface area contributed by atoms with Gasteiger partial charge in [0.05, 0.1) is 5.69 Å². The summed E-state index contributed by atoms with van der Waals surface area (Å²) in [6.07, 6.45) is 2.47. The van der Waals surface area contributed by atoms with Gasteiger partial charge >= 0.3 is 0 Å². The molecule has 4 rings (SSSR count). The predicted octanol–water partition coefficient (Wildman–Crippen LogP) is 4.55. The zero-order valence-corrected chi connectivity index (χ0v) is 17.7. The number of hydrogen-bond acceptors (Lipinski definition) is 4. The van der Waals surface area contributed by atoms with Crippen LogP contribution in [0, 0.1) is 13.8 Å². The van der Waals surface area contributed by atoms with Gasteiger partial charge in [-0.15, -0.1) is 0 Å². The lowest BCUT2D eigenvalue weighted by molar-refractivity contribution is -0.121. The van der Waals surface area contributed by atoms with Crippen molar-refractivity contribution in [1.29, 1.82) is 0 Å². The van der Waals surface area contributed by atoms with E-state index < -0.39 is 0 Å². The molecule has 2 aromatic carbocycles. The van der Waals surface area contributed by atoms with E-state index in [1.807, 2.05) is 56.3 Å². The summed E-state index contributed by atoms with van der Waals surface area (Å²) in [5.41, 5.74) is 4.39. The van der Waals surface area contributed by atoms with E-state index in [9.17, 15) is 9.59 Å². The largest absolute Gasteiger partial charge is 0.436 e. The van der Waals surface area contributed by atoms with Gasteiger partial charge in [0.15, 0.2) is 5.75 Å². The standard InChI is InChI=1S/C25H25N3O3/c1-17-11-12-22-21(15-17)28(25(30)20-9-5-13-26-24(20)31-22)14-6-10-23(29)27-16-19-8-4-3-7-18(19)2/h3-5,7-9,11-13,15H,6,10,14,16H2,1-2H3,(H,27,29). The maximum absolute atomic E-state index is 13.2.